The van der Waals surface area contributed by atoms with Crippen LogP contribution in [0, 0.1) is 0 Å². The predicted octanol–water partition coefficient (Wildman–Crippen LogP) is 2.12. The molecule has 7 heteroatoms. The topological polar surface area (TPSA) is 53.5 Å². The molecule has 1 N–H and O–H groups in total. The molecule has 4 heterocycles. The minimum absolute atomic E-state index is 0.421. The summed E-state index contributed by atoms with van der Waals surface area (Å²) >= 11 is 5.99. The van der Waals surface area contributed by atoms with Gasteiger partial charge in [0, 0.05) is 50.3 Å². The number of halogens is 1. The molecule has 5 rings (SSSR count). The molecule has 0 spiro atoms. The van der Waals surface area contributed by atoms with Gasteiger partial charge in [-0.05, 0) is 17.7 Å². The van der Waals surface area contributed by atoms with Crippen molar-refractivity contribution >= 4 is 17.4 Å². The van der Waals surface area contributed by atoms with Crippen LogP contribution in [0.5, 0.6) is 5.88 Å². The van der Waals surface area contributed by atoms with Gasteiger partial charge in [-0.25, -0.2) is 0 Å². The third-order valence-corrected chi connectivity index (χ3v) is 5.03. The number of ether oxygens (including phenoxy) is 1. The third kappa shape index (κ3) is 4.21. The first-order chi connectivity index (χ1) is 12.3. The van der Waals surface area contributed by atoms with Crippen molar-refractivity contribution in [2.75, 3.05) is 44.6 Å². The lowest BCUT2D eigenvalue weighted by molar-refractivity contribution is 0.0189. The molecule has 2 bridgehead atoms. The molecule has 0 amide bonds. The average molecular weight is 360 g/mol. The summed E-state index contributed by atoms with van der Waals surface area (Å²) in [5, 5.41) is 4.11. The monoisotopic (exact) mass is 359 g/mol. The molecule has 0 aliphatic carbocycles. The average Bonchev–Trinajstić information content (AvgIpc) is 2.66. The Morgan fingerprint density at radius 2 is 2.08 bits per heavy atom. The van der Waals surface area contributed by atoms with E-state index in [4.69, 9.17) is 16.3 Å². The number of piperazine rings is 3. The molecular weight excluding hydrogens is 338 g/mol. The Morgan fingerprint density at radius 1 is 1.20 bits per heavy atom. The van der Waals surface area contributed by atoms with Gasteiger partial charge in [0.2, 0.25) is 5.88 Å². The molecule has 0 saturated carbocycles. The molecule has 1 unspecified atom stereocenters. The van der Waals surface area contributed by atoms with Crippen molar-refractivity contribution in [1.82, 2.24) is 19.8 Å². The van der Waals surface area contributed by atoms with E-state index in [0.717, 1.165) is 24.5 Å². The number of hydrogen-bond donors (Lipinski definition) is 1. The molecule has 1 atom stereocenters. The van der Waals surface area contributed by atoms with Crippen molar-refractivity contribution in [3.63, 3.8) is 0 Å². The molecule has 1 aromatic heterocycles. The summed E-state index contributed by atoms with van der Waals surface area (Å²) < 4.78 is 5.74. The first kappa shape index (κ1) is 16.6. The van der Waals surface area contributed by atoms with Gasteiger partial charge in [0.1, 0.15) is 12.4 Å². The van der Waals surface area contributed by atoms with E-state index in [1.807, 2.05) is 24.3 Å². The van der Waals surface area contributed by atoms with E-state index in [1.54, 1.807) is 12.4 Å². The number of fused-ring (bicyclic) bond motifs is 3. The third-order valence-electron chi connectivity index (χ3n) is 4.80. The van der Waals surface area contributed by atoms with E-state index in [2.05, 4.69) is 25.1 Å². The van der Waals surface area contributed by atoms with E-state index in [9.17, 15) is 0 Å². The normalized spacial score (nSPS) is 24.9. The summed E-state index contributed by atoms with van der Waals surface area (Å²) in [4.78, 5) is 13.8. The fraction of sp³-hybridized carbons (Fsp3) is 0.444. The number of benzene rings is 1. The molecule has 1 aromatic carbocycles. The van der Waals surface area contributed by atoms with Gasteiger partial charge >= 0.3 is 0 Å². The van der Waals surface area contributed by atoms with Crippen molar-refractivity contribution in [3.05, 3.63) is 47.2 Å². The summed E-state index contributed by atoms with van der Waals surface area (Å²) in [5.74, 6) is 1.26. The van der Waals surface area contributed by atoms with E-state index in [-0.39, 0.29) is 0 Å². The van der Waals surface area contributed by atoms with E-state index in [1.165, 1.54) is 26.2 Å². The molecule has 3 aliphatic rings. The Kier molecular flexibility index (Phi) is 5.01. The molecule has 3 aliphatic heterocycles. The van der Waals surface area contributed by atoms with Crippen LogP contribution in [-0.2, 0) is 6.61 Å². The zero-order valence-corrected chi connectivity index (χ0v) is 14.8. The van der Waals surface area contributed by atoms with Crippen LogP contribution in [0.25, 0.3) is 0 Å². The number of nitrogens with one attached hydrogen (secondary N) is 1. The van der Waals surface area contributed by atoms with Crippen LogP contribution in [0.4, 0.5) is 5.82 Å². The van der Waals surface area contributed by atoms with Crippen LogP contribution >= 0.6 is 11.6 Å². The first-order valence-electron chi connectivity index (χ1n) is 8.66. The second-order valence-corrected chi connectivity index (χ2v) is 6.97. The van der Waals surface area contributed by atoms with Crippen molar-refractivity contribution in [2.24, 2.45) is 0 Å². The van der Waals surface area contributed by atoms with E-state index in [0.29, 0.717) is 23.6 Å². The Balaban J connectivity index is 1.32. The van der Waals surface area contributed by atoms with Crippen LogP contribution in [0.3, 0.4) is 0 Å². The van der Waals surface area contributed by atoms with Crippen molar-refractivity contribution in [3.8, 4) is 5.88 Å². The van der Waals surface area contributed by atoms with Gasteiger partial charge in [-0.2, -0.15) is 4.98 Å². The summed E-state index contributed by atoms with van der Waals surface area (Å²) in [5.41, 5.74) is 1.01. The Labute approximate surface area is 152 Å². The summed E-state index contributed by atoms with van der Waals surface area (Å²) in [6.07, 6.45) is 3.37. The number of nitrogens with zero attached hydrogens (tertiary/aromatic N) is 4. The van der Waals surface area contributed by atoms with Gasteiger partial charge in [-0.3, -0.25) is 14.8 Å². The van der Waals surface area contributed by atoms with Gasteiger partial charge in [-0.1, -0.05) is 23.7 Å². The maximum Gasteiger partial charge on any atom is 0.234 e. The summed E-state index contributed by atoms with van der Waals surface area (Å²) in [7, 11) is 0. The van der Waals surface area contributed by atoms with Gasteiger partial charge in [0.05, 0.1) is 12.4 Å². The van der Waals surface area contributed by atoms with E-state index < -0.39 is 0 Å². The maximum atomic E-state index is 5.99. The Morgan fingerprint density at radius 3 is 2.84 bits per heavy atom. The first-order valence-corrected chi connectivity index (χ1v) is 9.04. The zero-order chi connectivity index (χ0) is 17.1. The Bertz CT molecular complexity index is 720. The zero-order valence-electron chi connectivity index (χ0n) is 14.1. The summed E-state index contributed by atoms with van der Waals surface area (Å²) in [6, 6.07) is 8.16. The van der Waals surface area contributed by atoms with E-state index >= 15 is 0 Å². The molecule has 6 nitrogen and oxygen atoms in total. The van der Waals surface area contributed by atoms with Gasteiger partial charge in [-0.15, -0.1) is 0 Å². The smallest absolute Gasteiger partial charge is 0.234 e. The highest BCUT2D eigenvalue weighted by Crippen LogP contribution is 2.17. The maximum absolute atomic E-state index is 5.99. The van der Waals surface area contributed by atoms with Gasteiger partial charge in [0.15, 0.2) is 0 Å². The largest absolute Gasteiger partial charge is 0.472 e. The molecule has 3 saturated heterocycles. The van der Waals surface area contributed by atoms with Crippen LogP contribution in [-0.4, -0.2) is 65.1 Å². The van der Waals surface area contributed by atoms with Crippen LogP contribution in [0.2, 0.25) is 5.02 Å². The second-order valence-electron chi connectivity index (χ2n) is 6.53. The standard InChI is InChI=1S/C18H22ClN5O/c19-15-3-1-2-14(8-15)13-25-18-11-20-10-17(22-18)21-9-16-12-23-4-6-24(16)7-5-23/h1-3,8,10-11,16H,4-7,9,12-13H2,(H,21,22). The molecule has 0 radical (unpaired) electrons. The van der Waals surface area contributed by atoms with Crippen molar-refractivity contribution < 1.29 is 4.74 Å². The fourth-order valence-electron chi connectivity index (χ4n) is 3.43. The van der Waals surface area contributed by atoms with Gasteiger partial charge < -0.3 is 10.1 Å². The lowest BCUT2D eigenvalue weighted by atomic mass is 10.1. The van der Waals surface area contributed by atoms with Crippen LogP contribution in [0.15, 0.2) is 36.7 Å². The highest BCUT2D eigenvalue weighted by molar-refractivity contribution is 6.30. The summed E-state index contributed by atoms with van der Waals surface area (Å²) in [6.45, 7) is 7.16. The van der Waals surface area contributed by atoms with Gasteiger partial charge in [0.25, 0.3) is 0 Å². The SMILES string of the molecule is Clc1cccc(COc2cncc(NCC3CN4CCN3CC4)n2)c1. The minimum atomic E-state index is 0.421. The number of rotatable bonds is 6. The highest BCUT2D eigenvalue weighted by atomic mass is 35.5. The quantitative estimate of drug-likeness (QED) is 0.852. The van der Waals surface area contributed by atoms with Crippen LogP contribution < -0.4 is 10.1 Å². The number of hydrogen-bond acceptors (Lipinski definition) is 6. The minimum Gasteiger partial charge on any atom is -0.472 e. The molecule has 2 aromatic rings. The molecular formula is C18H22ClN5O. The number of anilines is 1. The predicted molar refractivity (Wildman–Crippen MR) is 98.1 cm³/mol. The van der Waals surface area contributed by atoms with Crippen molar-refractivity contribution in [1.29, 1.82) is 0 Å². The van der Waals surface area contributed by atoms with Crippen LogP contribution in [0.1, 0.15) is 5.56 Å². The molecule has 25 heavy (non-hydrogen) atoms. The highest BCUT2D eigenvalue weighted by Gasteiger charge is 2.31. The Hall–Kier alpha value is -1.89. The lowest BCUT2D eigenvalue weighted by Gasteiger charge is -2.47. The lowest BCUT2D eigenvalue weighted by Crippen LogP contribution is -2.62. The molecule has 3 fully saturated rings. The molecule has 132 valence electrons. The second kappa shape index (κ2) is 7.56. The number of aromatic nitrogens is 2. The fourth-order valence-corrected chi connectivity index (χ4v) is 3.64. The van der Waals surface area contributed by atoms with Crippen molar-refractivity contribution in [2.45, 2.75) is 12.6 Å².